The predicted octanol–water partition coefficient (Wildman–Crippen LogP) is 3.93. The van der Waals surface area contributed by atoms with Crippen LogP contribution in [0.15, 0.2) is 48.5 Å². The van der Waals surface area contributed by atoms with Gasteiger partial charge in [0.05, 0.1) is 25.9 Å². The third kappa shape index (κ3) is 5.89. The van der Waals surface area contributed by atoms with E-state index in [9.17, 15) is 9.59 Å². The quantitative estimate of drug-likeness (QED) is 0.726. The molecule has 0 atom stereocenters. The van der Waals surface area contributed by atoms with Gasteiger partial charge in [-0.2, -0.15) is 0 Å². The summed E-state index contributed by atoms with van der Waals surface area (Å²) in [6, 6.07) is 14.7. The van der Waals surface area contributed by atoms with Crippen LogP contribution in [0.2, 0.25) is 0 Å². The molecule has 1 spiro atoms. The summed E-state index contributed by atoms with van der Waals surface area (Å²) < 4.78 is 17.2. The van der Waals surface area contributed by atoms with Gasteiger partial charge in [0, 0.05) is 37.2 Å². The molecule has 0 saturated carbocycles. The normalized spacial score (nSPS) is 19.3. The van der Waals surface area contributed by atoms with Crippen molar-refractivity contribution in [1.29, 1.82) is 0 Å². The van der Waals surface area contributed by atoms with Gasteiger partial charge in [0.25, 0.3) is 11.8 Å². The number of carbonyl (C=O) groups is 2. The molecule has 4 rings (SSSR count). The van der Waals surface area contributed by atoms with Crippen molar-refractivity contribution in [2.24, 2.45) is 5.41 Å². The summed E-state index contributed by atoms with van der Waals surface area (Å²) >= 11 is 0. The van der Waals surface area contributed by atoms with Crippen LogP contribution in [0, 0.1) is 5.41 Å². The van der Waals surface area contributed by atoms with E-state index < -0.39 is 0 Å². The zero-order valence-corrected chi connectivity index (χ0v) is 19.9. The number of nitrogens with one attached hydrogen (secondary N) is 1. The monoisotopic (exact) mass is 466 g/mol. The summed E-state index contributed by atoms with van der Waals surface area (Å²) in [5.41, 5.74) is 1.18. The Morgan fingerprint density at radius 3 is 2.53 bits per heavy atom. The Labute approximate surface area is 201 Å². The van der Waals surface area contributed by atoms with Gasteiger partial charge in [-0.25, -0.2) is 0 Å². The highest BCUT2D eigenvalue weighted by Gasteiger charge is 2.37. The van der Waals surface area contributed by atoms with Crippen molar-refractivity contribution in [2.75, 3.05) is 46.6 Å². The Morgan fingerprint density at radius 1 is 1.00 bits per heavy atom. The largest absolute Gasteiger partial charge is 0.497 e. The van der Waals surface area contributed by atoms with Gasteiger partial charge in [0.2, 0.25) is 0 Å². The Kier molecular flexibility index (Phi) is 8.06. The highest BCUT2D eigenvalue weighted by atomic mass is 16.5. The molecule has 0 bridgehead atoms. The second-order valence-corrected chi connectivity index (χ2v) is 9.13. The minimum atomic E-state index is -0.148. The third-order valence-electron chi connectivity index (χ3n) is 6.89. The Bertz CT molecular complexity index is 967. The van der Waals surface area contributed by atoms with E-state index in [0.717, 1.165) is 37.9 Å². The van der Waals surface area contributed by atoms with Crippen molar-refractivity contribution in [2.45, 2.75) is 32.1 Å². The zero-order chi connectivity index (χ0) is 23.8. The number of benzene rings is 2. The summed E-state index contributed by atoms with van der Waals surface area (Å²) in [6.45, 7) is 3.57. The first kappa shape index (κ1) is 24.1. The number of likely N-dealkylation sites (tertiary alicyclic amines) is 1. The fraction of sp³-hybridized carbons (Fsp3) is 0.481. The van der Waals surface area contributed by atoms with Crippen LogP contribution in [0.3, 0.4) is 0 Å². The molecule has 0 aliphatic carbocycles. The van der Waals surface area contributed by atoms with Crippen molar-refractivity contribution in [3.63, 3.8) is 0 Å². The van der Waals surface area contributed by atoms with Crippen LogP contribution in [-0.2, 0) is 4.74 Å². The van der Waals surface area contributed by atoms with E-state index in [1.807, 2.05) is 47.4 Å². The molecule has 2 aliphatic heterocycles. The number of hydrogen-bond acceptors (Lipinski definition) is 5. The molecule has 1 N–H and O–H groups in total. The fourth-order valence-electron chi connectivity index (χ4n) is 4.72. The van der Waals surface area contributed by atoms with E-state index in [2.05, 4.69) is 5.32 Å². The summed E-state index contributed by atoms with van der Waals surface area (Å²) in [5, 5.41) is 2.91. The molecule has 0 aromatic heterocycles. The molecule has 2 aliphatic rings. The topological polar surface area (TPSA) is 77.1 Å². The van der Waals surface area contributed by atoms with Crippen molar-refractivity contribution in [3.05, 3.63) is 59.7 Å². The van der Waals surface area contributed by atoms with E-state index in [1.54, 1.807) is 13.2 Å². The van der Waals surface area contributed by atoms with Crippen LogP contribution in [0.25, 0.3) is 0 Å². The SMILES string of the molecule is COc1ccc(C(=O)N2CCC3(CCCCOCCNC(=O)c4ccccc4OC3)CC2)cc1. The molecule has 1 fully saturated rings. The standard InChI is InChI=1S/C27H34N2O5/c1-32-22-10-8-21(9-11-22)26(31)29-16-13-27(14-17-29)12-4-5-18-33-19-15-28-25(30)23-6-2-3-7-24(23)34-20-27/h2-3,6-11H,4-5,12-20H2,1H3,(H,28,30). The average molecular weight is 467 g/mol. The summed E-state index contributed by atoms with van der Waals surface area (Å²) in [6.07, 6.45) is 4.76. The second kappa shape index (κ2) is 11.4. The molecule has 7 heteroatoms. The molecule has 2 aromatic rings. The number of methoxy groups -OCH3 is 1. The van der Waals surface area contributed by atoms with Gasteiger partial charge in [0.1, 0.15) is 11.5 Å². The Balaban J connectivity index is 1.45. The summed E-state index contributed by atoms with van der Waals surface area (Å²) in [5.74, 6) is 1.25. The molecule has 2 amide bonds. The number of rotatable bonds is 2. The van der Waals surface area contributed by atoms with Crippen molar-refractivity contribution in [3.8, 4) is 11.5 Å². The van der Waals surface area contributed by atoms with Gasteiger partial charge in [-0.15, -0.1) is 0 Å². The van der Waals surface area contributed by atoms with Crippen LogP contribution in [0.1, 0.15) is 52.8 Å². The van der Waals surface area contributed by atoms with Gasteiger partial charge in [-0.1, -0.05) is 18.6 Å². The number of fused-ring (bicyclic) bond motifs is 1. The lowest BCUT2D eigenvalue weighted by molar-refractivity contribution is 0.0341. The molecule has 1 saturated heterocycles. The Hall–Kier alpha value is -3.06. The predicted molar refractivity (Wildman–Crippen MR) is 130 cm³/mol. The lowest BCUT2D eigenvalue weighted by Crippen LogP contribution is -2.45. The van der Waals surface area contributed by atoms with Crippen LogP contribution in [0.5, 0.6) is 11.5 Å². The van der Waals surface area contributed by atoms with E-state index in [-0.39, 0.29) is 17.2 Å². The number of amides is 2. The molecule has 182 valence electrons. The van der Waals surface area contributed by atoms with Crippen molar-refractivity contribution < 1.29 is 23.8 Å². The maximum absolute atomic E-state index is 13.0. The lowest BCUT2D eigenvalue weighted by atomic mass is 9.75. The molecule has 0 unspecified atom stereocenters. The van der Waals surface area contributed by atoms with Crippen LogP contribution >= 0.6 is 0 Å². The smallest absolute Gasteiger partial charge is 0.255 e. The second-order valence-electron chi connectivity index (χ2n) is 9.13. The number of carbonyl (C=O) groups excluding carboxylic acids is 2. The zero-order valence-electron chi connectivity index (χ0n) is 19.9. The van der Waals surface area contributed by atoms with Gasteiger partial charge in [-0.3, -0.25) is 9.59 Å². The van der Waals surface area contributed by atoms with Gasteiger partial charge >= 0.3 is 0 Å². The first-order valence-corrected chi connectivity index (χ1v) is 12.1. The fourth-order valence-corrected chi connectivity index (χ4v) is 4.72. The van der Waals surface area contributed by atoms with E-state index >= 15 is 0 Å². The van der Waals surface area contributed by atoms with Crippen LogP contribution in [-0.4, -0.2) is 63.3 Å². The number of piperidine rings is 1. The number of ether oxygens (including phenoxy) is 3. The number of hydrogen-bond donors (Lipinski definition) is 1. The van der Waals surface area contributed by atoms with E-state index in [0.29, 0.717) is 56.3 Å². The minimum absolute atomic E-state index is 0.0373. The molecule has 34 heavy (non-hydrogen) atoms. The van der Waals surface area contributed by atoms with Gasteiger partial charge < -0.3 is 24.4 Å². The maximum Gasteiger partial charge on any atom is 0.255 e. The van der Waals surface area contributed by atoms with Crippen molar-refractivity contribution >= 4 is 11.8 Å². The molecular weight excluding hydrogens is 432 g/mol. The van der Waals surface area contributed by atoms with E-state index in [4.69, 9.17) is 14.2 Å². The highest BCUT2D eigenvalue weighted by molar-refractivity contribution is 5.97. The van der Waals surface area contributed by atoms with Crippen LogP contribution < -0.4 is 14.8 Å². The number of nitrogens with zero attached hydrogens (tertiary/aromatic N) is 1. The molecule has 7 nitrogen and oxygen atoms in total. The highest BCUT2D eigenvalue weighted by Crippen LogP contribution is 2.38. The van der Waals surface area contributed by atoms with Crippen molar-refractivity contribution in [1.82, 2.24) is 10.2 Å². The third-order valence-corrected chi connectivity index (χ3v) is 6.89. The van der Waals surface area contributed by atoms with Crippen LogP contribution in [0.4, 0.5) is 0 Å². The maximum atomic E-state index is 13.0. The molecule has 0 radical (unpaired) electrons. The molecular formula is C27H34N2O5. The first-order chi connectivity index (χ1) is 16.6. The summed E-state index contributed by atoms with van der Waals surface area (Å²) in [7, 11) is 1.62. The first-order valence-electron chi connectivity index (χ1n) is 12.1. The minimum Gasteiger partial charge on any atom is -0.497 e. The summed E-state index contributed by atoms with van der Waals surface area (Å²) in [4.78, 5) is 27.6. The van der Waals surface area contributed by atoms with Gasteiger partial charge in [-0.05, 0) is 62.1 Å². The number of para-hydroxylation sites is 1. The van der Waals surface area contributed by atoms with E-state index in [1.165, 1.54) is 0 Å². The molecule has 2 aromatic carbocycles. The molecule has 2 heterocycles. The lowest BCUT2D eigenvalue weighted by Gasteiger charge is -2.42. The Morgan fingerprint density at radius 2 is 1.76 bits per heavy atom. The average Bonchev–Trinajstić information content (AvgIpc) is 2.89. The van der Waals surface area contributed by atoms with Gasteiger partial charge in [0.15, 0.2) is 0 Å².